The molecule has 2 heterocycles. The number of hydrogen-bond donors (Lipinski definition) is 2. The van der Waals surface area contributed by atoms with Crippen LogP contribution in [0.2, 0.25) is 0 Å². The molecular weight excluding hydrogens is 296 g/mol. The van der Waals surface area contributed by atoms with Gasteiger partial charge in [0.25, 0.3) is 0 Å². The van der Waals surface area contributed by atoms with Crippen LogP contribution in [0.1, 0.15) is 44.9 Å². The van der Waals surface area contributed by atoms with E-state index in [-0.39, 0.29) is 11.8 Å². The van der Waals surface area contributed by atoms with E-state index in [1.54, 1.807) is 11.3 Å². The summed E-state index contributed by atoms with van der Waals surface area (Å²) < 4.78 is 0. The highest BCUT2D eigenvalue weighted by Crippen LogP contribution is 2.22. The molecule has 2 rings (SSSR count). The van der Waals surface area contributed by atoms with Crippen LogP contribution in [-0.4, -0.2) is 34.9 Å². The van der Waals surface area contributed by atoms with E-state index in [2.05, 4.69) is 29.0 Å². The molecule has 1 aliphatic heterocycles. The van der Waals surface area contributed by atoms with Crippen molar-refractivity contribution in [2.24, 2.45) is 11.8 Å². The molecule has 1 aromatic rings. The third-order valence-electron chi connectivity index (χ3n) is 4.44. The first kappa shape index (κ1) is 17.2. The average Bonchev–Trinajstić information content (AvgIpc) is 2.87. The van der Waals surface area contributed by atoms with Crippen LogP contribution < -0.4 is 11.1 Å². The van der Waals surface area contributed by atoms with Crippen molar-refractivity contribution in [1.29, 1.82) is 0 Å². The standard InChI is InChI=1S/C16H28N4OS/c1-4-5-11(2)15(21)19-14-6-7-20(9-12(14)3)10-13-8-18-16(17)22-13/h8,11-12,14H,4-7,9-10H2,1-3H3,(H2,17,18)(H,19,21). The molecule has 0 bridgehead atoms. The number of nitrogens with zero attached hydrogens (tertiary/aromatic N) is 2. The number of aromatic nitrogens is 1. The topological polar surface area (TPSA) is 71.2 Å². The maximum absolute atomic E-state index is 12.2. The Labute approximate surface area is 137 Å². The predicted molar refractivity (Wildman–Crippen MR) is 91.6 cm³/mol. The van der Waals surface area contributed by atoms with E-state index in [4.69, 9.17) is 5.73 Å². The predicted octanol–water partition coefficient (Wildman–Crippen LogP) is 2.49. The Balaban J connectivity index is 1.81. The number of carbonyl (C=O) groups is 1. The van der Waals surface area contributed by atoms with Gasteiger partial charge in [0.15, 0.2) is 5.13 Å². The number of anilines is 1. The Morgan fingerprint density at radius 3 is 3.00 bits per heavy atom. The molecule has 1 aliphatic rings. The van der Waals surface area contributed by atoms with Gasteiger partial charge in [0, 0.05) is 42.7 Å². The largest absolute Gasteiger partial charge is 0.375 e. The second kappa shape index (κ2) is 7.92. The van der Waals surface area contributed by atoms with E-state index in [9.17, 15) is 4.79 Å². The zero-order valence-corrected chi connectivity index (χ0v) is 14.7. The number of likely N-dealkylation sites (tertiary alicyclic amines) is 1. The first-order valence-electron chi connectivity index (χ1n) is 8.22. The average molecular weight is 324 g/mol. The molecule has 3 unspecified atom stereocenters. The van der Waals surface area contributed by atoms with Gasteiger partial charge in [0.05, 0.1) is 0 Å². The molecule has 1 aromatic heterocycles. The fourth-order valence-corrected chi connectivity index (χ4v) is 3.82. The first-order chi connectivity index (χ1) is 10.5. The van der Waals surface area contributed by atoms with Gasteiger partial charge in [-0.05, 0) is 18.8 Å². The van der Waals surface area contributed by atoms with E-state index >= 15 is 0 Å². The van der Waals surface area contributed by atoms with Crippen molar-refractivity contribution in [3.05, 3.63) is 11.1 Å². The second-order valence-electron chi connectivity index (χ2n) is 6.47. The molecule has 1 amide bonds. The van der Waals surface area contributed by atoms with Crippen molar-refractivity contribution in [3.8, 4) is 0 Å². The first-order valence-corrected chi connectivity index (χ1v) is 9.04. The quantitative estimate of drug-likeness (QED) is 0.843. The van der Waals surface area contributed by atoms with Crippen LogP contribution in [0.5, 0.6) is 0 Å². The Hall–Kier alpha value is -1.14. The van der Waals surface area contributed by atoms with Gasteiger partial charge >= 0.3 is 0 Å². The molecular formula is C16H28N4OS. The summed E-state index contributed by atoms with van der Waals surface area (Å²) in [6, 6.07) is 0.301. The third kappa shape index (κ3) is 4.68. The van der Waals surface area contributed by atoms with Crippen LogP contribution in [0.15, 0.2) is 6.20 Å². The molecule has 3 N–H and O–H groups in total. The minimum atomic E-state index is 0.121. The molecule has 0 radical (unpaired) electrons. The molecule has 1 saturated heterocycles. The smallest absolute Gasteiger partial charge is 0.223 e. The van der Waals surface area contributed by atoms with Gasteiger partial charge in [0.1, 0.15) is 0 Å². The summed E-state index contributed by atoms with van der Waals surface area (Å²) >= 11 is 1.56. The fraction of sp³-hybridized carbons (Fsp3) is 0.750. The summed E-state index contributed by atoms with van der Waals surface area (Å²) in [5.41, 5.74) is 5.68. The van der Waals surface area contributed by atoms with Crippen LogP contribution in [0.3, 0.4) is 0 Å². The zero-order valence-electron chi connectivity index (χ0n) is 13.8. The van der Waals surface area contributed by atoms with Crippen LogP contribution in [-0.2, 0) is 11.3 Å². The van der Waals surface area contributed by atoms with Crippen molar-refractivity contribution in [2.45, 2.75) is 52.6 Å². The van der Waals surface area contributed by atoms with Gasteiger partial charge in [-0.1, -0.05) is 27.2 Å². The number of rotatable bonds is 6. The lowest BCUT2D eigenvalue weighted by atomic mass is 9.92. The van der Waals surface area contributed by atoms with Crippen LogP contribution >= 0.6 is 11.3 Å². The monoisotopic (exact) mass is 324 g/mol. The Kier molecular flexibility index (Phi) is 6.20. The normalized spacial score (nSPS) is 24.1. The maximum Gasteiger partial charge on any atom is 0.223 e. The summed E-state index contributed by atoms with van der Waals surface area (Å²) in [5.74, 6) is 0.801. The second-order valence-corrected chi connectivity index (χ2v) is 7.62. The number of thiazole rings is 1. The number of amides is 1. The zero-order chi connectivity index (χ0) is 16.1. The molecule has 0 spiro atoms. The Morgan fingerprint density at radius 2 is 2.41 bits per heavy atom. The third-order valence-corrected chi connectivity index (χ3v) is 5.25. The summed E-state index contributed by atoms with van der Waals surface area (Å²) in [4.78, 5) is 19.9. The number of nitrogens with one attached hydrogen (secondary N) is 1. The van der Waals surface area contributed by atoms with Gasteiger partial charge in [-0.3, -0.25) is 9.69 Å². The maximum atomic E-state index is 12.2. The number of nitrogen functional groups attached to an aromatic ring is 1. The molecule has 6 heteroatoms. The molecule has 1 fully saturated rings. The number of hydrogen-bond acceptors (Lipinski definition) is 5. The van der Waals surface area contributed by atoms with Gasteiger partial charge in [-0.15, -0.1) is 11.3 Å². The number of carbonyl (C=O) groups excluding carboxylic acids is 1. The van der Waals surface area contributed by atoms with Crippen LogP contribution in [0, 0.1) is 11.8 Å². The highest BCUT2D eigenvalue weighted by atomic mass is 32.1. The Morgan fingerprint density at radius 1 is 1.64 bits per heavy atom. The van der Waals surface area contributed by atoms with E-state index in [1.165, 1.54) is 4.88 Å². The highest BCUT2D eigenvalue weighted by Gasteiger charge is 2.28. The lowest BCUT2D eigenvalue weighted by Crippen LogP contribution is -2.50. The molecule has 0 aromatic carbocycles. The highest BCUT2D eigenvalue weighted by molar-refractivity contribution is 7.15. The van der Waals surface area contributed by atoms with Gasteiger partial charge in [0.2, 0.25) is 5.91 Å². The van der Waals surface area contributed by atoms with Gasteiger partial charge in [-0.25, -0.2) is 4.98 Å². The SMILES string of the molecule is CCCC(C)C(=O)NC1CCN(Cc2cnc(N)s2)CC1C. The lowest BCUT2D eigenvalue weighted by molar-refractivity contribution is -0.126. The van der Waals surface area contributed by atoms with Crippen LogP contribution in [0.25, 0.3) is 0 Å². The van der Waals surface area contributed by atoms with E-state index in [0.717, 1.165) is 38.9 Å². The van der Waals surface area contributed by atoms with Crippen LogP contribution in [0.4, 0.5) is 5.13 Å². The number of piperidine rings is 1. The van der Waals surface area contributed by atoms with E-state index in [1.807, 2.05) is 13.1 Å². The van der Waals surface area contributed by atoms with Crippen molar-refractivity contribution in [2.75, 3.05) is 18.8 Å². The lowest BCUT2D eigenvalue weighted by Gasteiger charge is -2.37. The summed E-state index contributed by atoms with van der Waals surface area (Å²) in [6.07, 6.45) is 4.90. The van der Waals surface area contributed by atoms with Crippen molar-refractivity contribution in [3.63, 3.8) is 0 Å². The molecule has 124 valence electrons. The molecule has 5 nitrogen and oxygen atoms in total. The van der Waals surface area contributed by atoms with Crippen molar-refractivity contribution >= 4 is 22.4 Å². The van der Waals surface area contributed by atoms with E-state index in [0.29, 0.717) is 17.1 Å². The molecule has 0 saturated carbocycles. The number of nitrogens with two attached hydrogens (primary N) is 1. The molecule has 22 heavy (non-hydrogen) atoms. The van der Waals surface area contributed by atoms with Gasteiger partial charge < -0.3 is 11.1 Å². The summed E-state index contributed by atoms with van der Waals surface area (Å²) in [6.45, 7) is 9.29. The minimum absolute atomic E-state index is 0.121. The summed E-state index contributed by atoms with van der Waals surface area (Å²) in [5, 5.41) is 3.88. The van der Waals surface area contributed by atoms with Crippen molar-refractivity contribution < 1.29 is 4.79 Å². The minimum Gasteiger partial charge on any atom is -0.375 e. The summed E-state index contributed by atoms with van der Waals surface area (Å²) in [7, 11) is 0. The van der Waals surface area contributed by atoms with Crippen molar-refractivity contribution in [1.82, 2.24) is 15.2 Å². The molecule has 0 aliphatic carbocycles. The Bertz CT molecular complexity index is 490. The van der Waals surface area contributed by atoms with E-state index < -0.39 is 0 Å². The van der Waals surface area contributed by atoms with Gasteiger partial charge in [-0.2, -0.15) is 0 Å². The molecule has 3 atom stereocenters. The fourth-order valence-electron chi connectivity index (χ4n) is 3.10.